The van der Waals surface area contributed by atoms with E-state index in [1.165, 1.54) is 0 Å². The van der Waals surface area contributed by atoms with E-state index in [4.69, 9.17) is 18.9 Å². The van der Waals surface area contributed by atoms with E-state index in [1.807, 2.05) is 0 Å². The fourth-order valence-corrected chi connectivity index (χ4v) is 2.01. The largest absolute Gasteiger partial charge is 0.382 e. The molecule has 0 saturated heterocycles. The third kappa shape index (κ3) is 19.1. The summed E-state index contributed by atoms with van der Waals surface area (Å²) in [5.74, 6) is 0.0827. The van der Waals surface area contributed by atoms with Crippen LogP contribution in [0, 0.1) is 0 Å². The van der Waals surface area contributed by atoms with Crippen LogP contribution in [0.2, 0.25) is 0 Å². The topological polar surface area (TPSA) is 95.1 Å². The molecule has 0 aromatic rings. The lowest BCUT2D eigenvalue weighted by Crippen LogP contribution is -2.27. The second-order valence-corrected chi connectivity index (χ2v) is 5.77. The Morgan fingerprint density at radius 1 is 0.692 bits per heavy atom. The van der Waals surface area contributed by atoms with Gasteiger partial charge in [-0.2, -0.15) is 0 Å². The van der Waals surface area contributed by atoms with Crippen molar-refractivity contribution >= 4 is 11.8 Å². The molecule has 26 heavy (non-hydrogen) atoms. The molecule has 8 nitrogen and oxygen atoms in total. The Labute approximate surface area is 157 Å². The highest BCUT2D eigenvalue weighted by molar-refractivity contribution is 5.75. The summed E-state index contributed by atoms with van der Waals surface area (Å²) in [6, 6.07) is 0. The summed E-state index contributed by atoms with van der Waals surface area (Å²) < 4.78 is 21.1. The maximum atomic E-state index is 11.6. The van der Waals surface area contributed by atoms with Crippen LogP contribution in [0.5, 0.6) is 0 Å². The first-order valence-electron chi connectivity index (χ1n) is 9.40. The highest BCUT2D eigenvalue weighted by Gasteiger charge is 2.01. The minimum Gasteiger partial charge on any atom is -0.382 e. The molecular weight excluding hydrogens is 340 g/mol. The molecule has 0 atom stereocenters. The number of rotatable bonds is 19. The number of ether oxygens (including phenoxy) is 4. The zero-order valence-corrected chi connectivity index (χ0v) is 16.3. The Morgan fingerprint density at radius 2 is 1.31 bits per heavy atom. The maximum Gasteiger partial charge on any atom is 0.220 e. The van der Waals surface area contributed by atoms with Gasteiger partial charge in [-0.05, 0) is 25.7 Å². The highest BCUT2D eigenvalue weighted by atomic mass is 16.5. The van der Waals surface area contributed by atoms with Crippen LogP contribution in [-0.2, 0) is 28.5 Å². The predicted molar refractivity (Wildman–Crippen MR) is 99.1 cm³/mol. The van der Waals surface area contributed by atoms with Crippen LogP contribution in [0.1, 0.15) is 38.5 Å². The van der Waals surface area contributed by atoms with Crippen molar-refractivity contribution in [2.24, 2.45) is 0 Å². The Kier molecular flexibility index (Phi) is 19.2. The Bertz CT molecular complexity index is 342. The predicted octanol–water partition coefficient (Wildman–Crippen LogP) is 0.885. The number of methoxy groups -OCH3 is 1. The van der Waals surface area contributed by atoms with Gasteiger partial charge in [0.05, 0.1) is 19.8 Å². The van der Waals surface area contributed by atoms with Gasteiger partial charge in [-0.1, -0.05) is 0 Å². The molecular formula is C18H36N2O6. The van der Waals surface area contributed by atoms with E-state index in [0.29, 0.717) is 65.6 Å². The first kappa shape index (κ1) is 24.8. The van der Waals surface area contributed by atoms with Crippen LogP contribution >= 0.6 is 0 Å². The highest BCUT2D eigenvalue weighted by Crippen LogP contribution is 1.96. The van der Waals surface area contributed by atoms with E-state index < -0.39 is 0 Å². The van der Waals surface area contributed by atoms with Crippen LogP contribution in [0.4, 0.5) is 0 Å². The van der Waals surface area contributed by atoms with Crippen molar-refractivity contribution in [2.75, 3.05) is 67.0 Å². The van der Waals surface area contributed by atoms with E-state index in [2.05, 4.69) is 10.6 Å². The summed E-state index contributed by atoms with van der Waals surface area (Å²) in [7, 11) is 3.27. The van der Waals surface area contributed by atoms with Gasteiger partial charge in [-0.25, -0.2) is 0 Å². The molecule has 0 aromatic carbocycles. The molecule has 0 aromatic heterocycles. The fraction of sp³-hybridized carbons (Fsp3) is 0.889. The smallest absolute Gasteiger partial charge is 0.220 e. The average Bonchev–Trinajstić information content (AvgIpc) is 2.65. The molecule has 0 aliphatic heterocycles. The summed E-state index contributed by atoms with van der Waals surface area (Å²) >= 11 is 0. The number of carbonyl (C=O) groups is 2. The monoisotopic (exact) mass is 376 g/mol. The van der Waals surface area contributed by atoms with E-state index in [9.17, 15) is 9.59 Å². The zero-order chi connectivity index (χ0) is 19.3. The van der Waals surface area contributed by atoms with Gasteiger partial charge in [0, 0.05) is 60.0 Å². The van der Waals surface area contributed by atoms with Crippen molar-refractivity contribution in [2.45, 2.75) is 38.5 Å². The van der Waals surface area contributed by atoms with Crippen LogP contribution < -0.4 is 10.6 Å². The normalized spacial score (nSPS) is 10.7. The minimum atomic E-state index is 0.0365. The van der Waals surface area contributed by atoms with Crippen molar-refractivity contribution in [3.63, 3.8) is 0 Å². The molecule has 2 amide bonds. The number of amides is 2. The number of unbranched alkanes of at least 4 members (excludes halogenated alkanes) is 1. The van der Waals surface area contributed by atoms with Gasteiger partial charge in [-0.15, -0.1) is 0 Å². The van der Waals surface area contributed by atoms with Gasteiger partial charge < -0.3 is 29.6 Å². The summed E-state index contributed by atoms with van der Waals surface area (Å²) in [6.07, 6.45) is 4.22. The lowest BCUT2D eigenvalue weighted by atomic mass is 10.2. The van der Waals surface area contributed by atoms with Crippen LogP contribution in [-0.4, -0.2) is 78.8 Å². The van der Waals surface area contributed by atoms with Gasteiger partial charge in [0.15, 0.2) is 0 Å². The SMILES string of the molecule is CNC(=O)CCCOCCCOCCNC(=O)CCCCOCCOC. The first-order chi connectivity index (χ1) is 12.7. The molecule has 0 heterocycles. The third-order valence-corrected chi connectivity index (χ3v) is 3.49. The number of carbonyl (C=O) groups excluding carboxylic acids is 2. The Hall–Kier alpha value is -1.22. The second kappa shape index (κ2) is 20.1. The molecule has 0 rings (SSSR count). The molecule has 0 fully saturated rings. The van der Waals surface area contributed by atoms with E-state index in [-0.39, 0.29) is 11.8 Å². The van der Waals surface area contributed by atoms with Crippen molar-refractivity contribution in [1.82, 2.24) is 10.6 Å². The van der Waals surface area contributed by atoms with Gasteiger partial charge in [-0.3, -0.25) is 9.59 Å². The molecule has 0 aliphatic rings. The molecule has 154 valence electrons. The molecule has 0 bridgehead atoms. The lowest BCUT2D eigenvalue weighted by Gasteiger charge is -2.07. The van der Waals surface area contributed by atoms with E-state index >= 15 is 0 Å². The van der Waals surface area contributed by atoms with Gasteiger partial charge in [0.1, 0.15) is 0 Å². The zero-order valence-electron chi connectivity index (χ0n) is 16.3. The van der Waals surface area contributed by atoms with Crippen molar-refractivity contribution < 1.29 is 28.5 Å². The molecule has 2 N–H and O–H groups in total. The molecule has 0 unspecified atom stereocenters. The summed E-state index contributed by atoms with van der Waals surface area (Å²) in [6.45, 7) is 4.69. The molecule has 8 heteroatoms. The van der Waals surface area contributed by atoms with Crippen LogP contribution in [0.3, 0.4) is 0 Å². The van der Waals surface area contributed by atoms with Crippen LogP contribution in [0.25, 0.3) is 0 Å². The van der Waals surface area contributed by atoms with Crippen LogP contribution in [0.15, 0.2) is 0 Å². The molecule has 0 radical (unpaired) electrons. The van der Waals surface area contributed by atoms with E-state index in [0.717, 1.165) is 25.7 Å². The standard InChI is InChI=1S/C18H36N2O6/c1-19-17(21)8-5-11-24-12-6-13-25-14-9-20-18(22)7-3-4-10-26-16-15-23-2/h3-16H2,1-2H3,(H,19,21)(H,20,22). The van der Waals surface area contributed by atoms with Gasteiger partial charge >= 0.3 is 0 Å². The van der Waals surface area contributed by atoms with E-state index in [1.54, 1.807) is 14.2 Å². The average molecular weight is 376 g/mol. The molecule has 0 spiro atoms. The Balaban J connectivity index is 3.17. The second-order valence-electron chi connectivity index (χ2n) is 5.77. The lowest BCUT2D eigenvalue weighted by molar-refractivity contribution is -0.122. The number of hydrogen-bond acceptors (Lipinski definition) is 6. The van der Waals surface area contributed by atoms with Gasteiger partial charge in [0.25, 0.3) is 0 Å². The fourth-order valence-electron chi connectivity index (χ4n) is 2.01. The summed E-state index contributed by atoms with van der Waals surface area (Å²) in [4.78, 5) is 22.6. The number of hydrogen-bond donors (Lipinski definition) is 2. The summed E-state index contributed by atoms with van der Waals surface area (Å²) in [5.41, 5.74) is 0. The maximum absolute atomic E-state index is 11.6. The number of nitrogens with one attached hydrogen (secondary N) is 2. The summed E-state index contributed by atoms with van der Waals surface area (Å²) in [5, 5.41) is 5.41. The van der Waals surface area contributed by atoms with Gasteiger partial charge in [0.2, 0.25) is 11.8 Å². The quantitative estimate of drug-likeness (QED) is 0.325. The first-order valence-corrected chi connectivity index (χ1v) is 9.40. The molecule has 0 aliphatic carbocycles. The van der Waals surface area contributed by atoms with Crippen molar-refractivity contribution in [1.29, 1.82) is 0 Å². The van der Waals surface area contributed by atoms with Crippen molar-refractivity contribution in [3.8, 4) is 0 Å². The third-order valence-electron chi connectivity index (χ3n) is 3.49. The minimum absolute atomic E-state index is 0.0365. The Morgan fingerprint density at radius 3 is 2.04 bits per heavy atom. The van der Waals surface area contributed by atoms with Crippen molar-refractivity contribution in [3.05, 3.63) is 0 Å². The molecule has 0 saturated carbocycles.